The van der Waals surface area contributed by atoms with Gasteiger partial charge in [-0.2, -0.15) is 0 Å². The van der Waals surface area contributed by atoms with Gasteiger partial charge in [-0.1, -0.05) is 30.3 Å². The van der Waals surface area contributed by atoms with Gasteiger partial charge in [-0.3, -0.25) is 9.69 Å². The van der Waals surface area contributed by atoms with Crippen LogP contribution < -0.4 is 0 Å². The standard InChI is InChI=1S/C18H23N3O2S/c1-14-19-12-16(24-14)13-20(2)17(15-6-4-3-5-7-15)18(22)21-8-10-23-11-9-21/h3-7,12,17H,8-11,13H2,1-2H3. The molecule has 1 fully saturated rings. The number of aryl methyl sites for hydroxylation is 1. The third-order valence-electron chi connectivity index (χ3n) is 4.19. The van der Waals surface area contributed by atoms with Gasteiger partial charge in [0.1, 0.15) is 6.04 Å². The molecule has 1 aromatic heterocycles. The smallest absolute Gasteiger partial charge is 0.244 e. The molecule has 5 nitrogen and oxygen atoms in total. The Bertz CT molecular complexity index is 668. The van der Waals surface area contributed by atoms with Crippen LogP contribution in [-0.4, -0.2) is 54.0 Å². The number of benzene rings is 1. The van der Waals surface area contributed by atoms with Gasteiger partial charge in [0.2, 0.25) is 5.91 Å². The van der Waals surface area contributed by atoms with Crippen LogP contribution in [0, 0.1) is 6.92 Å². The van der Waals surface area contributed by atoms with Crippen molar-refractivity contribution < 1.29 is 9.53 Å². The summed E-state index contributed by atoms with van der Waals surface area (Å²) >= 11 is 1.68. The molecular formula is C18H23N3O2S. The maximum Gasteiger partial charge on any atom is 0.244 e. The number of thiazole rings is 1. The van der Waals surface area contributed by atoms with Gasteiger partial charge >= 0.3 is 0 Å². The topological polar surface area (TPSA) is 45.7 Å². The molecule has 0 aliphatic carbocycles. The van der Waals surface area contributed by atoms with Crippen LogP contribution in [-0.2, 0) is 16.1 Å². The SMILES string of the molecule is Cc1ncc(CN(C)C(C(=O)N2CCOCC2)c2ccccc2)s1. The number of carbonyl (C=O) groups is 1. The van der Waals surface area contributed by atoms with E-state index >= 15 is 0 Å². The predicted molar refractivity (Wildman–Crippen MR) is 94.9 cm³/mol. The molecule has 2 aromatic rings. The molecule has 0 saturated carbocycles. The van der Waals surface area contributed by atoms with E-state index in [0.29, 0.717) is 32.8 Å². The summed E-state index contributed by atoms with van der Waals surface area (Å²) in [6.07, 6.45) is 1.90. The van der Waals surface area contributed by atoms with Crippen molar-refractivity contribution in [3.8, 4) is 0 Å². The number of rotatable bonds is 5. The highest BCUT2D eigenvalue weighted by atomic mass is 32.1. The third-order valence-corrected chi connectivity index (χ3v) is 5.08. The molecule has 1 atom stereocenters. The minimum absolute atomic E-state index is 0.147. The summed E-state index contributed by atoms with van der Waals surface area (Å²) in [5.41, 5.74) is 1.03. The summed E-state index contributed by atoms with van der Waals surface area (Å²) in [5.74, 6) is 0.147. The Morgan fingerprint density at radius 1 is 1.33 bits per heavy atom. The van der Waals surface area contributed by atoms with Crippen LogP contribution in [0.15, 0.2) is 36.5 Å². The molecule has 1 unspecified atom stereocenters. The fourth-order valence-corrected chi connectivity index (χ4v) is 3.85. The lowest BCUT2D eigenvalue weighted by molar-refractivity contribution is -0.141. The lowest BCUT2D eigenvalue weighted by Gasteiger charge is -2.34. The van der Waals surface area contributed by atoms with Crippen molar-refractivity contribution in [2.75, 3.05) is 33.4 Å². The number of carbonyl (C=O) groups excluding carboxylic acids is 1. The molecule has 1 saturated heterocycles. The quantitative estimate of drug-likeness (QED) is 0.835. The minimum atomic E-state index is -0.285. The molecule has 1 aromatic carbocycles. The van der Waals surface area contributed by atoms with E-state index < -0.39 is 0 Å². The van der Waals surface area contributed by atoms with Crippen molar-refractivity contribution in [2.24, 2.45) is 0 Å². The van der Waals surface area contributed by atoms with Gasteiger partial charge in [0.25, 0.3) is 0 Å². The van der Waals surface area contributed by atoms with E-state index in [1.165, 1.54) is 4.88 Å². The highest BCUT2D eigenvalue weighted by molar-refractivity contribution is 7.11. The Morgan fingerprint density at radius 2 is 2.04 bits per heavy atom. The van der Waals surface area contributed by atoms with E-state index in [-0.39, 0.29) is 11.9 Å². The first-order chi connectivity index (χ1) is 11.6. The Hall–Kier alpha value is -1.76. The number of ether oxygens (including phenoxy) is 1. The van der Waals surface area contributed by atoms with E-state index in [1.807, 2.05) is 55.4 Å². The number of morpholine rings is 1. The number of nitrogens with zero attached hydrogens (tertiary/aromatic N) is 3. The van der Waals surface area contributed by atoms with E-state index in [0.717, 1.165) is 10.6 Å². The van der Waals surface area contributed by atoms with Crippen LogP contribution in [0.4, 0.5) is 0 Å². The summed E-state index contributed by atoms with van der Waals surface area (Å²) in [5, 5.41) is 1.05. The van der Waals surface area contributed by atoms with Crippen LogP contribution >= 0.6 is 11.3 Å². The number of likely N-dealkylation sites (N-methyl/N-ethyl adjacent to an activating group) is 1. The summed E-state index contributed by atoms with van der Waals surface area (Å²) in [6.45, 7) is 5.27. The van der Waals surface area contributed by atoms with Gasteiger partial charge in [0.05, 0.1) is 18.2 Å². The Balaban J connectivity index is 1.82. The first-order valence-corrected chi connectivity index (χ1v) is 9.00. The van der Waals surface area contributed by atoms with Crippen molar-refractivity contribution in [3.05, 3.63) is 52.0 Å². The molecule has 1 aliphatic rings. The molecule has 24 heavy (non-hydrogen) atoms. The predicted octanol–water partition coefficient (Wildman–Crippen LogP) is 2.48. The largest absolute Gasteiger partial charge is 0.378 e. The van der Waals surface area contributed by atoms with Gasteiger partial charge in [0.15, 0.2) is 0 Å². The number of hydrogen-bond donors (Lipinski definition) is 0. The molecule has 0 spiro atoms. The lowest BCUT2D eigenvalue weighted by atomic mass is 10.0. The zero-order valence-electron chi connectivity index (χ0n) is 14.1. The lowest BCUT2D eigenvalue weighted by Crippen LogP contribution is -2.46. The fraction of sp³-hybridized carbons (Fsp3) is 0.444. The maximum atomic E-state index is 13.2. The summed E-state index contributed by atoms with van der Waals surface area (Å²) < 4.78 is 5.38. The maximum absolute atomic E-state index is 13.2. The van der Waals surface area contributed by atoms with Gasteiger partial charge < -0.3 is 9.64 Å². The van der Waals surface area contributed by atoms with Crippen LogP contribution in [0.2, 0.25) is 0 Å². The summed E-state index contributed by atoms with van der Waals surface area (Å²) in [7, 11) is 2.01. The van der Waals surface area contributed by atoms with Crippen LogP contribution in [0.5, 0.6) is 0 Å². The molecule has 1 amide bonds. The molecule has 6 heteroatoms. The first-order valence-electron chi connectivity index (χ1n) is 8.18. The third kappa shape index (κ3) is 4.01. The second-order valence-electron chi connectivity index (χ2n) is 6.01. The van der Waals surface area contributed by atoms with Gasteiger partial charge in [-0.15, -0.1) is 11.3 Å². The number of aromatic nitrogens is 1. The van der Waals surface area contributed by atoms with E-state index in [2.05, 4.69) is 9.88 Å². The Morgan fingerprint density at radius 3 is 2.67 bits per heavy atom. The summed E-state index contributed by atoms with van der Waals surface area (Å²) in [6, 6.07) is 9.71. The van der Waals surface area contributed by atoms with Gasteiger partial charge in [-0.25, -0.2) is 4.98 Å². The molecule has 3 rings (SSSR count). The molecule has 1 aliphatic heterocycles. The van der Waals surface area contributed by atoms with E-state index in [9.17, 15) is 4.79 Å². The zero-order valence-corrected chi connectivity index (χ0v) is 15.0. The van der Waals surface area contributed by atoms with Crippen LogP contribution in [0.25, 0.3) is 0 Å². The van der Waals surface area contributed by atoms with Gasteiger partial charge in [0, 0.05) is 30.7 Å². The van der Waals surface area contributed by atoms with Crippen molar-refractivity contribution in [3.63, 3.8) is 0 Å². The zero-order chi connectivity index (χ0) is 16.9. The Kier molecular flexibility index (Phi) is 5.60. The molecular weight excluding hydrogens is 322 g/mol. The number of hydrogen-bond acceptors (Lipinski definition) is 5. The van der Waals surface area contributed by atoms with Crippen LogP contribution in [0.3, 0.4) is 0 Å². The first kappa shape index (κ1) is 17.1. The average molecular weight is 345 g/mol. The van der Waals surface area contributed by atoms with Gasteiger partial charge in [-0.05, 0) is 19.5 Å². The highest BCUT2D eigenvalue weighted by Crippen LogP contribution is 2.25. The minimum Gasteiger partial charge on any atom is -0.378 e. The molecule has 128 valence electrons. The van der Waals surface area contributed by atoms with Crippen LogP contribution in [0.1, 0.15) is 21.5 Å². The average Bonchev–Trinajstić information content (AvgIpc) is 3.01. The van der Waals surface area contributed by atoms with E-state index in [4.69, 9.17) is 4.74 Å². The number of amides is 1. The van der Waals surface area contributed by atoms with Crippen molar-refractivity contribution in [1.82, 2.24) is 14.8 Å². The molecule has 0 radical (unpaired) electrons. The fourth-order valence-electron chi connectivity index (χ4n) is 2.99. The molecule has 0 bridgehead atoms. The monoisotopic (exact) mass is 345 g/mol. The van der Waals surface area contributed by atoms with Crippen molar-refractivity contribution in [1.29, 1.82) is 0 Å². The second-order valence-corrected chi connectivity index (χ2v) is 7.33. The summed E-state index contributed by atoms with van der Waals surface area (Å²) in [4.78, 5) is 22.7. The van der Waals surface area contributed by atoms with Crippen molar-refractivity contribution >= 4 is 17.2 Å². The molecule has 0 N–H and O–H groups in total. The van der Waals surface area contributed by atoms with E-state index in [1.54, 1.807) is 11.3 Å². The highest BCUT2D eigenvalue weighted by Gasteiger charge is 2.30. The molecule has 2 heterocycles. The Labute approximate surface area is 146 Å². The second kappa shape index (κ2) is 7.88. The van der Waals surface area contributed by atoms with Crippen molar-refractivity contribution in [2.45, 2.75) is 19.5 Å². The normalized spacial score (nSPS) is 16.4.